The zero-order valence-electron chi connectivity index (χ0n) is 11.1. The van der Waals surface area contributed by atoms with E-state index in [4.69, 9.17) is 12.2 Å². The number of hydrogen-bond acceptors (Lipinski definition) is 4. The molecule has 7 heteroatoms. The maximum Gasteiger partial charge on any atom is 0.337 e. The first-order valence-electron chi connectivity index (χ1n) is 5.54. The molecule has 0 fully saturated rings. The van der Waals surface area contributed by atoms with E-state index in [9.17, 15) is 9.59 Å². The largest absolute Gasteiger partial charge is 0.465 e. The first-order chi connectivity index (χ1) is 9.49. The van der Waals surface area contributed by atoms with E-state index in [2.05, 4.69) is 41.9 Å². The van der Waals surface area contributed by atoms with Crippen LogP contribution >= 0.6 is 44.1 Å². The van der Waals surface area contributed by atoms with Crippen LogP contribution in [-0.2, 0) is 9.53 Å². The maximum absolute atomic E-state index is 11.2. The maximum atomic E-state index is 11.2. The minimum Gasteiger partial charge on any atom is -0.465 e. The van der Waals surface area contributed by atoms with Gasteiger partial charge >= 0.3 is 5.97 Å². The Morgan fingerprint density at radius 2 is 1.80 bits per heavy atom. The molecule has 0 radical (unpaired) electrons. The zero-order valence-corrected chi connectivity index (χ0v) is 15.1. The highest BCUT2D eigenvalue weighted by Crippen LogP contribution is 2.06. The van der Waals surface area contributed by atoms with E-state index >= 15 is 0 Å². The fourth-order valence-corrected chi connectivity index (χ4v) is 2.14. The monoisotopic (exact) mass is 423 g/mol. The predicted molar refractivity (Wildman–Crippen MR) is 91.1 cm³/mol. The third-order valence-electron chi connectivity index (χ3n) is 2.07. The number of ketones is 1. The summed E-state index contributed by atoms with van der Waals surface area (Å²) >= 11 is 11.0. The van der Waals surface area contributed by atoms with E-state index in [1.54, 1.807) is 25.2 Å². The number of benzene rings is 1. The average Bonchev–Trinajstić information content (AvgIpc) is 2.53. The highest BCUT2D eigenvalue weighted by molar-refractivity contribution is 9.10. The van der Waals surface area contributed by atoms with Gasteiger partial charge < -0.3 is 10.1 Å². The second kappa shape index (κ2) is 10.9. The molecular weight excluding hydrogens is 410 g/mol. The fraction of sp³-hybridized carbons (Fsp3) is 0.308. The van der Waals surface area contributed by atoms with Crippen LogP contribution in [0.25, 0.3) is 0 Å². The summed E-state index contributed by atoms with van der Waals surface area (Å²) < 4.78 is 4.60. The number of halogens is 2. The number of rotatable bonds is 4. The molecule has 0 aliphatic heterocycles. The van der Waals surface area contributed by atoms with Crippen molar-refractivity contribution in [3.8, 4) is 0 Å². The smallest absolute Gasteiger partial charge is 0.337 e. The zero-order chi connectivity index (χ0) is 15.5. The molecule has 1 aromatic rings. The van der Waals surface area contributed by atoms with E-state index in [0.717, 1.165) is 5.56 Å². The Labute approximate surface area is 140 Å². The summed E-state index contributed by atoms with van der Waals surface area (Å²) in [4.78, 5) is 21.9. The molecule has 0 aromatic heterocycles. The minimum absolute atomic E-state index is 0.176. The van der Waals surface area contributed by atoms with Crippen molar-refractivity contribution in [1.82, 2.24) is 5.32 Å². The van der Waals surface area contributed by atoms with Gasteiger partial charge in [0.1, 0.15) is 4.99 Å². The molecule has 0 unspecified atom stereocenters. The van der Waals surface area contributed by atoms with Crippen LogP contribution in [0.1, 0.15) is 15.9 Å². The lowest BCUT2D eigenvalue weighted by Crippen LogP contribution is -2.17. The second-order valence-corrected chi connectivity index (χ2v) is 4.99. The Kier molecular flexibility index (Phi) is 10.5. The highest BCUT2D eigenvalue weighted by atomic mass is 79.9. The number of carbonyl (C=O) groups is 2. The quantitative estimate of drug-likeness (QED) is 0.457. The molecule has 1 aromatic carbocycles. The van der Waals surface area contributed by atoms with Crippen molar-refractivity contribution in [3.05, 3.63) is 35.4 Å². The standard InChI is InChI=1S/C10H11NO2S.C3H4Br2O/c1-11-9(14)7-4-3-5-8(6-7)10(12)13-2;4-1-3(6)2-5/h3-6H,1-2H3,(H,11,14);1-2H2. The van der Waals surface area contributed by atoms with Crippen molar-refractivity contribution in [3.63, 3.8) is 0 Å². The number of carbonyl (C=O) groups excluding carboxylic acids is 2. The summed E-state index contributed by atoms with van der Waals surface area (Å²) in [6.45, 7) is 0. The third-order valence-corrected chi connectivity index (χ3v) is 3.76. The summed E-state index contributed by atoms with van der Waals surface area (Å²) in [7, 11) is 3.10. The van der Waals surface area contributed by atoms with Crippen molar-refractivity contribution in [2.45, 2.75) is 0 Å². The van der Waals surface area contributed by atoms with Gasteiger partial charge in [0.25, 0.3) is 0 Å². The Morgan fingerprint density at radius 1 is 1.25 bits per heavy atom. The molecule has 0 saturated heterocycles. The van der Waals surface area contributed by atoms with Crippen molar-refractivity contribution in [1.29, 1.82) is 0 Å². The summed E-state index contributed by atoms with van der Waals surface area (Å²) in [6.07, 6.45) is 0. The summed E-state index contributed by atoms with van der Waals surface area (Å²) in [5, 5.41) is 3.76. The first kappa shape index (κ1) is 19.2. The molecule has 110 valence electrons. The molecule has 0 spiro atoms. The fourth-order valence-electron chi connectivity index (χ4n) is 1.09. The normalized spacial score (nSPS) is 9.00. The van der Waals surface area contributed by atoms with Crippen molar-refractivity contribution < 1.29 is 14.3 Å². The van der Waals surface area contributed by atoms with E-state index in [1.807, 2.05) is 6.07 Å². The van der Waals surface area contributed by atoms with Gasteiger partial charge in [0.2, 0.25) is 0 Å². The Balaban J connectivity index is 0.000000511. The molecule has 0 heterocycles. The molecule has 0 aliphatic rings. The lowest BCUT2D eigenvalue weighted by Gasteiger charge is -2.04. The van der Waals surface area contributed by atoms with Gasteiger partial charge in [0.15, 0.2) is 5.78 Å². The molecule has 1 rings (SSSR count). The van der Waals surface area contributed by atoms with Gasteiger partial charge in [-0.25, -0.2) is 4.79 Å². The number of esters is 1. The van der Waals surface area contributed by atoms with E-state index < -0.39 is 0 Å². The number of ether oxygens (including phenoxy) is 1. The summed E-state index contributed by atoms with van der Waals surface area (Å²) in [6, 6.07) is 6.99. The van der Waals surface area contributed by atoms with Gasteiger partial charge in [-0.15, -0.1) is 0 Å². The molecular formula is C13H15Br2NO3S. The molecule has 20 heavy (non-hydrogen) atoms. The predicted octanol–water partition coefficient (Wildman–Crippen LogP) is 2.71. The molecule has 0 bridgehead atoms. The van der Waals surface area contributed by atoms with Crippen LogP contribution < -0.4 is 5.32 Å². The Morgan fingerprint density at radius 3 is 2.20 bits per heavy atom. The Hall–Kier alpha value is -0.790. The molecule has 4 nitrogen and oxygen atoms in total. The number of Topliss-reactive ketones (excluding diaryl/α,β-unsaturated/α-hetero) is 1. The Bertz CT molecular complexity index is 443. The molecule has 0 aliphatic carbocycles. The van der Waals surface area contributed by atoms with E-state index in [0.29, 0.717) is 21.2 Å². The average molecular weight is 425 g/mol. The number of nitrogens with one attached hydrogen (secondary N) is 1. The van der Waals surface area contributed by atoms with Crippen LogP contribution in [0.5, 0.6) is 0 Å². The van der Waals surface area contributed by atoms with Crippen molar-refractivity contribution >= 4 is 60.8 Å². The van der Waals surface area contributed by atoms with Gasteiger partial charge in [-0.1, -0.05) is 56.2 Å². The number of hydrogen-bond donors (Lipinski definition) is 1. The van der Waals surface area contributed by atoms with Crippen LogP contribution in [0.4, 0.5) is 0 Å². The topological polar surface area (TPSA) is 55.4 Å². The van der Waals surface area contributed by atoms with E-state index in [1.165, 1.54) is 7.11 Å². The van der Waals surface area contributed by atoms with E-state index in [-0.39, 0.29) is 11.8 Å². The van der Waals surface area contributed by atoms with Gasteiger partial charge in [-0.2, -0.15) is 0 Å². The van der Waals surface area contributed by atoms with Crippen LogP contribution in [0, 0.1) is 0 Å². The summed E-state index contributed by atoms with van der Waals surface area (Å²) in [5.41, 5.74) is 1.31. The van der Waals surface area contributed by atoms with Gasteiger partial charge in [0.05, 0.1) is 23.3 Å². The SMILES string of the molecule is CNC(=S)c1cccc(C(=O)OC)c1.O=C(CBr)CBr. The molecule has 0 saturated carbocycles. The second-order valence-electron chi connectivity index (χ2n) is 3.46. The highest BCUT2D eigenvalue weighted by Gasteiger charge is 2.06. The third kappa shape index (κ3) is 7.12. The van der Waals surface area contributed by atoms with Gasteiger partial charge in [0, 0.05) is 12.6 Å². The molecule has 0 atom stereocenters. The van der Waals surface area contributed by atoms with Crippen molar-refractivity contribution in [2.75, 3.05) is 24.8 Å². The van der Waals surface area contributed by atoms with Gasteiger partial charge in [-0.05, 0) is 12.1 Å². The van der Waals surface area contributed by atoms with Crippen molar-refractivity contribution in [2.24, 2.45) is 0 Å². The first-order valence-corrected chi connectivity index (χ1v) is 8.19. The van der Waals surface area contributed by atoms with Crippen LogP contribution in [0.2, 0.25) is 0 Å². The number of methoxy groups -OCH3 is 1. The molecule has 1 N–H and O–H groups in total. The lowest BCUT2D eigenvalue weighted by molar-refractivity contribution is -0.114. The number of alkyl halides is 2. The van der Waals surface area contributed by atoms with Crippen LogP contribution in [0.3, 0.4) is 0 Å². The molecule has 0 amide bonds. The minimum atomic E-state index is -0.356. The van der Waals surface area contributed by atoms with Crippen LogP contribution in [-0.4, -0.2) is 41.6 Å². The van der Waals surface area contributed by atoms with Gasteiger partial charge in [-0.3, -0.25) is 4.79 Å². The number of thiocarbonyl (C=S) groups is 1. The lowest BCUT2D eigenvalue weighted by atomic mass is 10.1. The summed E-state index contributed by atoms with van der Waals surface area (Å²) in [5.74, 6) is -0.180. The van der Waals surface area contributed by atoms with Crippen LogP contribution in [0.15, 0.2) is 24.3 Å².